The third-order valence-corrected chi connectivity index (χ3v) is 10.7. The van der Waals surface area contributed by atoms with Crippen LogP contribution in [0.25, 0.3) is 32.9 Å². The summed E-state index contributed by atoms with van der Waals surface area (Å²) in [6, 6.07) is 8.02. The Morgan fingerprint density at radius 1 is 1.14 bits per heavy atom. The third-order valence-electron chi connectivity index (χ3n) is 10.4. The summed E-state index contributed by atoms with van der Waals surface area (Å²) < 4.78 is 43.5. The summed E-state index contributed by atoms with van der Waals surface area (Å²) >= 11 is 6.60. The molecule has 1 N–H and O–H groups in total. The number of pyridine rings is 1. The van der Waals surface area contributed by atoms with Gasteiger partial charge in [0.2, 0.25) is 0 Å². The van der Waals surface area contributed by atoms with Crippen LogP contribution in [0.3, 0.4) is 0 Å². The van der Waals surface area contributed by atoms with Gasteiger partial charge in [-0.2, -0.15) is 9.97 Å². The van der Waals surface area contributed by atoms with Crippen molar-refractivity contribution in [1.82, 2.24) is 24.8 Å². The molecule has 3 unspecified atom stereocenters. The highest BCUT2D eigenvalue weighted by Gasteiger charge is 2.50. The van der Waals surface area contributed by atoms with Gasteiger partial charge >= 0.3 is 12.1 Å². The number of hydrogen-bond acceptors (Lipinski definition) is 9. The zero-order chi connectivity index (χ0) is 34.2. The number of hydrogen-bond donors (Lipinski definition) is 1. The van der Waals surface area contributed by atoms with E-state index in [2.05, 4.69) is 19.8 Å². The number of aromatic hydroxyl groups is 1. The number of halogens is 3. The number of phenols is 1. The molecule has 1 amide bonds. The van der Waals surface area contributed by atoms with Gasteiger partial charge in [0.25, 0.3) is 0 Å². The molecule has 49 heavy (non-hydrogen) atoms. The molecule has 4 aliphatic heterocycles. The first-order valence-corrected chi connectivity index (χ1v) is 17.3. The van der Waals surface area contributed by atoms with Crippen LogP contribution in [0.4, 0.5) is 19.4 Å². The number of benzene rings is 2. The number of aromatic nitrogens is 3. The molecule has 258 valence electrons. The summed E-state index contributed by atoms with van der Waals surface area (Å²) in [5, 5.41) is 12.5. The molecular weight excluding hydrogens is 654 g/mol. The van der Waals surface area contributed by atoms with E-state index in [0.717, 1.165) is 32.2 Å². The number of piperazine rings is 1. The Kier molecular flexibility index (Phi) is 7.75. The minimum atomic E-state index is -0.927. The molecule has 2 aromatic carbocycles. The number of amides is 1. The molecular formula is C36H39ClF2N6O4. The maximum Gasteiger partial charge on any atom is 0.410 e. The Bertz CT molecular complexity index is 1960. The monoisotopic (exact) mass is 692 g/mol. The molecule has 4 fully saturated rings. The fourth-order valence-electron chi connectivity index (χ4n) is 8.40. The van der Waals surface area contributed by atoms with Crippen molar-refractivity contribution in [1.29, 1.82) is 0 Å². The lowest BCUT2D eigenvalue weighted by Gasteiger charge is -2.42. The first-order chi connectivity index (χ1) is 23.4. The third kappa shape index (κ3) is 5.66. The number of carbonyl (C=O) groups excluding carboxylic acids is 1. The van der Waals surface area contributed by atoms with E-state index in [9.17, 15) is 14.3 Å². The molecule has 10 nitrogen and oxygen atoms in total. The fraction of sp³-hybridized carbons (Fsp3) is 0.500. The van der Waals surface area contributed by atoms with Gasteiger partial charge in [0.05, 0.1) is 23.0 Å². The molecule has 0 aliphatic carbocycles. The van der Waals surface area contributed by atoms with Crippen molar-refractivity contribution in [2.24, 2.45) is 0 Å². The maximum atomic E-state index is 16.9. The number of fused-ring (bicyclic) bond motifs is 5. The van der Waals surface area contributed by atoms with Crippen LogP contribution in [0.1, 0.15) is 52.9 Å². The van der Waals surface area contributed by atoms with Crippen LogP contribution < -0.4 is 9.64 Å². The predicted octanol–water partition coefficient (Wildman–Crippen LogP) is 6.89. The van der Waals surface area contributed by atoms with E-state index in [0.29, 0.717) is 58.6 Å². The van der Waals surface area contributed by atoms with Crippen molar-refractivity contribution in [2.45, 2.75) is 82.3 Å². The molecule has 0 spiro atoms. The molecule has 4 aromatic rings. The molecule has 4 atom stereocenters. The van der Waals surface area contributed by atoms with E-state index >= 15 is 4.39 Å². The summed E-state index contributed by atoms with van der Waals surface area (Å²) in [7, 11) is 0. The summed E-state index contributed by atoms with van der Waals surface area (Å²) in [6.45, 7) is 7.84. The zero-order valence-corrected chi connectivity index (χ0v) is 28.5. The van der Waals surface area contributed by atoms with Crippen LogP contribution in [-0.2, 0) is 4.74 Å². The SMILES string of the molecule is CC(C)(C)OC(=O)N1C2CCC1CN(c1nc(OCC34CCCN3C[C@H](F)C4)nc3c(F)c(-c4cc(O)cc5cccc(Cl)c45)ncc13)C2. The standard InChI is InChI=1S/C36H39ClF2N6O4/c1-35(2,3)49-34(47)45-22-8-9-23(45)18-43(17-22)32-26-15-40-30(25-13-24(46)12-20-6-4-7-27(37)28(20)25)29(39)31(26)41-33(42-32)48-19-36-10-5-11-44(36)16-21(38)14-36/h4,6-7,12-13,15,21-23,46H,5,8-11,14,16-19H2,1-3H3/t21-,22?,23?,36?/m1/s1. The molecule has 4 saturated heterocycles. The van der Waals surface area contributed by atoms with Gasteiger partial charge in [0, 0.05) is 48.2 Å². The maximum absolute atomic E-state index is 16.9. The van der Waals surface area contributed by atoms with Gasteiger partial charge in [-0.25, -0.2) is 13.6 Å². The van der Waals surface area contributed by atoms with Crippen LogP contribution in [0, 0.1) is 5.82 Å². The summed E-state index contributed by atoms with van der Waals surface area (Å²) in [6.07, 6.45) is 4.01. The van der Waals surface area contributed by atoms with Crippen molar-refractivity contribution in [3.8, 4) is 23.0 Å². The number of phenolic OH excluding ortho intramolecular Hbond substituents is 1. The molecule has 0 saturated carbocycles. The van der Waals surface area contributed by atoms with Gasteiger partial charge in [-0.3, -0.25) is 14.8 Å². The average molecular weight is 693 g/mol. The van der Waals surface area contributed by atoms with Crippen molar-refractivity contribution in [2.75, 3.05) is 37.7 Å². The largest absolute Gasteiger partial charge is 0.508 e. The highest BCUT2D eigenvalue weighted by molar-refractivity contribution is 6.36. The van der Waals surface area contributed by atoms with Crippen LogP contribution in [-0.4, -0.2) is 98.1 Å². The lowest BCUT2D eigenvalue weighted by molar-refractivity contribution is 0.0122. The highest BCUT2D eigenvalue weighted by atomic mass is 35.5. The molecule has 6 heterocycles. The molecule has 4 aliphatic rings. The van der Waals surface area contributed by atoms with Gasteiger partial charge in [-0.15, -0.1) is 0 Å². The van der Waals surface area contributed by atoms with Crippen LogP contribution in [0.2, 0.25) is 5.02 Å². The highest BCUT2D eigenvalue weighted by Crippen LogP contribution is 2.43. The minimum absolute atomic E-state index is 0.00559. The van der Waals surface area contributed by atoms with Crippen LogP contribution in [0.5, 0.6) is 11.8 Å². The van der Waals surface area contributed by atoms with Crippen molar-refractivity contribution in [3.05, 3.63) is 47.4 Å². The first kappa shape index (κ1) is 32.2. The van der Waals surface area contributed by atoms with Gasteiger partial charge in [-0.1, -0.05) is 23.7 Å². The van der Waals surface area contributed by atoms with Gasteiger partial charge in [0.15, 0.2) is 5.82 Å². The number of ether oxygens (including phenoxy) is 2. The van der Waals surface area contributed by atoms with Gasteiger partial charge in [0.1, 0.15) is 41.2 Å². The smallest absolute Gasteiger partial charge is 0.410 e. The van der Waals surface area contributed by atoms with Gasteiger partial charge < -0.3 is 19.5 Å². The Balaban J connectivity index is 1.21. The van der Waals surface area contributed by atoms with E-state index < -0.39 is 23.1 Å². The summed E-state index contributed by atoms with van der Waals surface area (Å²) in [5.41, 5.74) is -0.762. The number of nitrogens with zero attached hydrogens (tertiary/aromatic N) is 6. The zero-order valence-electron chi connectivity index (χ0n) is 27.8. The Morgan fingerprint density at radius 3 is 2.67 bits per heavy atom. The number of alkyl halides is 1. The second-order valence-electron chi connectivity index (χ2n) is 14.9. The lowest BCUT2D eigenvalue weighted by atomic mass is 9.95. The number of anilines is 1. The van der Waals surface area contributed by atoms with Crippen molar-refractivity contribution < 1.29 is 28.2 Å². The van der Waals surface area contributed by atoms with Gasteiger partial charge in [-0.05, 0) is 76.6 Å². The van der Waals surface area contributed by atoms with Crippen LogP contribution in [0.15, 0.2) is 36.5 Å². The molecule has 0 radical (unpaired) electrons. The topological polar surface area (TPSA) is 104 Å². The minimum Gasteiger partial charge on any atom is -0.508 e. The van der Waals surface area contributed by atoms with E-state index in [1.807, 2.05) is 25.7 Å². The Labute approximate surface area is 288 Å². The summed E-state index contributed by atoms with van der Waals surface area (Å²) in [5.74, 6) is -0.313. The average Bonchev–Trinajstić information content (AvgIpc) is 3.65. The molecule has 2 bridgehead atoms. The number of rotatable bonds is 5. The van der Waals surface area contributed by atoms with E-state index in [1.165, 1.54) is 6.07 Å². The van der Waals surface area contributed by atoms with Crippen LogP contribution >= 0.6 is 11.6 Å². The quantitative estimate of drug-likeness (QED) is 0.240. The fourth-order valence-corrected chi connectivity index (χ4v) is 8.69. The normalized spacial score (nSPS) is 25.4. The Morgan fingerprint density at radius 2 is 1.92 bits per heavy atom. The van der Waals surface area contributed by atoms with E-state index in [4.69, 9.17) is 26.1 Å². The lowest BCUT2D eigenvalue weighted by Crippen LogP contribution is -2.57. The number of carbonyl (C=O) groups is 1. The van der Waals surface area contributed by atoms with E-state index in [-0.39, 0.29) is 47.8 Å². The second kappa shape index (κ2) is 11.8. The molecule has 8 rings (SSSR count). The summed E-state index contributed by atoms with van der Waals surface area (Å²) in [4.78, 5) is 33.2. The van der Waals surface area contributed by atoms with Crippen molar-refractivity contribution >= 4 is 45.2 Å². The second-order valence-corrected chi connectivity index (χ2v) is 15.3. The van der Waals surface area contributed by atoms with Crippen molar-refractivity contribution in [3.63, 3.8) is 0 Å². The molecule has 13 heteroatoms. The molecule has 2 aromatic heterocycles. The first-order valence-electron chi connectivity index (χ1n) is 17.0. The Hall–Kier alpha value is -4.03. The van der Waals surface area contributed by atoms with E-state index in [1.54, 1.807) is 30.5 Å². The predicted molar refractivity (Wildman–Crippen MR) is 183 cm³/mol.